The standard InChI is InChI=1S/C18H29N3O2/c19-16(12-13-18(21)23)6-3-5-15-10-8-14(9-11-15)4-1-2-7-17(20)22/h8-11,16H,1-7,12-13,19H2,(H2,20,22)(H2,21,23). The molecule has 1 unspecified atom stereocenters. The summed E-state index contributed by atoms with van der Waals surface area (Å²) in [5, 5.41) is 0. The summed E-state index contributed by atoms with van der Waals surface area (Å²) in [5.74, 6) is -0.513. The summed E-state index contributed by atoms with van der Waals surface area (Å²) in [6, 6.07) is 8.64. The molecule has 23 heavy (non-hydrogen) atoms. The fourth-order valence-electron chi connectivity index (χ4n) is 2.54. The van der Waals surface area contributed by atoms with Crippen molar-refractivity contribution in [1.29, 1.82) is 0 Å². The minimum Gasteiger partial charge on any atom is -0.370 e. The van der Waals surface area contributed by atoms with Crippen LogP contribution in [-0.2, 0) is 22.4 Å². The molecule has 2 amide bonds. The molecule has 0 aliphatic carbocycles. The molecule has 1 rings (SSSR count). The van der Waals surface area contributed by atoms with Gasteiger partial charge in [0, 0.05) is 18.9 Å². The van der Waals surface area contributed by atoms with Gasteiger partial charge in [-0.1, -0.05) is 24.3 Å². The number of carbonyl (C=O) groups is 2. The van der Waals surface area contributed by atoms with Gasteiger partial charge in [0.15, 0.2) is 0 Å². The SMILES string of the molecule is NC(=O)CCCCc1ccc(CCCC(N)CCC(N)=O)cc1. The Bertz CT molecular complexity index is 486. The molecule has 0 aliphatic rings. The largest absolute Gasteiger partial charge is 0.370 e. The molecule has 0 aromatic heterocycles. The van der Waals surface area contributed by atoms with Gasteiger partial charge in [0.1, 0.15) is 0 Å². The van der Waals surface area contributed by atoms with Gasteiger partial charge in [0.25, 0.3) is 0 Å². The first-order chi connectivity index (χ1) is 11.0. The summed E-state index contributed by atoms with van der Waals surface area (Å²) in [4.78, 5) is 21.4. The molecule has 0 radical (unpaired) electrons. The highest BCUT2D eigenvalue weighted by Gasteiger charge is 2.05. The molecule has 0 spiro atoms. The van der Waals surface area contributed by atoms with E-state index in [1.54, 1.807) is 0 Å². The van der Waals surface area contributed by atoms with E-state index >= 15 is 0 Å². The van der Waals surface area contributed by atoms with E-state index in [2.05, 4.69) is 24.3 Å². The number of hydrogen-bond acceptors (Lipinski definition) is 3. The van der Waals surface area contributed by atoms with Crippen LogP contribution < -0.4 is 17.2 Å². The summed E-state index contributed by atoms with van der Waals surface area (Å²) in [6.07, 6.45) is 7.22. The van der Waals surface area contributed by atoms with Crippen LogP contribution in [0.4, 0.5) is 0 Å². The third-order valence-corrected chi connectivity index (χ3v) is 3.96. The molecular weight excluding hydrogens is 290 g/mol. The monoisotopic (exact) mass is 319 g/mol. The Balaban J connectivity index is 2.20. The Morgan fingerprint density at radius 2 is 1.30 bits per heavy atom. The lowest BCUT2D eigenvalue weighted by atomic mass is 10.00. The summed E-state index contributed by atoms with van der Waals surface area (Å²) < 4.78 is 0. The van der Waals surface area contributed by atoms with Gasteiger partial charge in [0.2, 0.25) is 11.8 Å². The van der Waals surface area contributed by atoms with E-state index in [4.69, 9.17) is 17.2 Å². The molecule has 1 atom stereocenters. The first-order valence-electron chi connectivity index (χ1n) is 8.37. The second kappa shape index (κ2) is 10.8. The predicted octanol–water partition coefficient (Wildman–Crippen LogP) is 1.80. The van der Waals surface area contributed by atoms with Crippen molar-refractivity contribution in [2.75, 3.05) is 0 Å². The van der Waals surface area contributed by atoms with Crippen molar-refractivity contribution in [2.24, 2.45) is 17.2 Å². The van der Waals surface area contributed by atoms with Crippen molar-refractivity contribution in [2.45, 2.75) is 63.8 Å². The van der Waals surface area contributed by atoms with Gasteiger partial charge >= 0.3 is 0 Å². The molecule has 1 aromatic carbocycles. The highest BCUT2D eigenvalue weighted by atomic mass is 16.1. The topological polar surface area (TPSA) is 112 Å². The van der Waals surface area contributed by atoms with Crippen molar-refractivity contribution in [3.05, 3.63) is 35.4 Å². The molecular formula is C18H29N3O2. The van der Waals surface area contributed by atoms with Gasteiger partial charge in [-0.2, -0.15) is 0 Å². The molecule has 0 aliphatic heterocycles. The van der Waals surface area contributed by atoms with Gasteiger partial charge in [0.05, 0.1) is 0 Å². The summed E-state index contributed by atoms with van der Waals surface area (Å²) in [7, 11) is 0. The van der Waals surface area contributed by atoms with Gasteiger partial charge in [-0.05, 0) is 56.1 Å². The van der Waals surface area contributed by atoms with Crippen LogP contribution in [0.5, 0.6) is 0 Å². The lowest BCUT2D eigenvalue weighted by Crippen LogP contribution is -2.23. The maximum atomic E-state index is 10.7. The number of nitrogens with two attached hydrogens (primary N) is 3. The molecule has 1 aromatic rings. The molecule has 128 valence electrons. The van der Waals surface area contributed by atoms with Crippen LogP contribution in [0.15, 0.2) is 24.3 Å². The maximum Gasteiger partial charge on any atom is 0.217 e. The Hall–Kier alpha value is -1.88. The lowest BCUT2D eigenvalue weighted by Gasteiger charge is -2.10. The normalized spacial score (nSPS) is 12.0. The second-order valence-corrected chi connectivity index (χ2v) is 6.15. The maximum absolute atomic E-state index is 10.7. The van der Waals surface area contributed by atoms with Crippen molar-refractivity contribution in [3.8, 4) is 0 Å². The van der Waals surface area contributed by atoms with Crippen molar-refractivity contribution >= 4 is 11.8 Å². The van der Waals surface area contributed by atoms with Crippen molar-refractivity contribution in [1.82, 2.24) is 0 Å². The van der Waals surface area contributed by atoms with Gasteiger partial charge in [-0.15, -0.1) is 0 Å². The third kappa shape index (κ3) is 9.68. The van der Waals surface area contributed by atoms with Crippen LogP contribution in [0.2, 0.25) is 0 Å². The van der Waals surface area contributed by atoms with Crippen LogP contribution >= 0.6 is 0 Å². The highest BCUT2D eigenvalue weighted by molar-refractivity contribution is 5.73. The van der Waals surface area contributed by atoms with E-state index in [-0.39, 0.29) is 17.9 Å². The lowest BCUT2D eigenvalue weighted by molar-refractivity contribution is -0.119. The van der Waals surface area contributed by atoms with E-state index in [0.29, 0.717) is 19.3 Å². The molecule has 6 N–H and O–H groups in total. The first-order valence-corrected chi connectivity index (χ1v) is 8.37. The highest BCUT2D eigenvalue weighted by Crippen LogP contribution is 2.12. The third-order valence-electron chi connectivity index (χ3n) is 3.96. The van der Waals surface area contributed by atoms with E-state index in [1.807, 2.05) is 0 Å². The van der Waals surface area contributed by atoms with Gasteiger partial charge in [-0.25, -0.2) is 0 Å². The number of primary amides is 2. The fraction of sp³-hybridized carbons (Fsp3) is 0.556. The van der Waals surface area contributed by atoms with E-state index in [0.717, 1.165) is 38.5 Å². The number of carbonyl (C=O) groups excluding carboxylic acids is 2. The molecule has 5 nitrogen and oxygen atoms in total. The van der Waals surface area contributed by atoms with Crippen LogP contribution in [0.25, 0.3) is 0 Å². The number of rotatable bonds is 12. The zero-order valence-corrected chi connectivity index (χ0v) is 13.8. The van der Waals surface area contributed by atoms with Gasteiger partial charge < -0.3 is 17.2 Å². The summed E-state index contributed by atoms with van der Waals surface area (Å²) in [6.45, 7) is 0. The minimum absolute atomic E-state index is 0.0482. The second-order valence-electron chi connectivity index (χ2n) is 6.15. The smallest absolute Gasteiger partial charge is 0.217 e. The minimum atomic E-state index is -0.285. The number of benzene rings is 1. The Labute approximate surface area is 138 Å². The molecule has 0 heterocycles. The summed E-state index contributed by atoms with van der Waals surface area (Å²) in [5.41, 5.74) is 18.8. The molecule has 5 heteroatoms. The number of amides is 2. The molecule has 0 fully saturated rings. The van der Waals surface area contributed by atoms with Crippen molar-refractivity contribution < 1.29 is 9.59 Å². The van der Waals surface area contributed by atoms with E-state index in [1.165, 1.54) is 11.1 Å². The summed E-state index contributed by atoms with van der Waals surface area (Å²) >= 11 is 0. The van der Waals surface area contributed by atoms with Crippen LogP contribution in [0.1, 0.15) is 56.1 Å². The zero-order valence-electron chi connectivity index (χ0n) is 13.8. The molecule has 0 saturated heterocycles. The first kappa shape index (κ1) is 19.2. The number of unbranched alkanes of at least 4 members (excludes halogenated alkanes) is 1. The van der Waals surface area contributed by atoms with Crippen molar-refractivity contribution in [3.63, 3.8) is 0 Å². The van der Waals surface area contributed by atoms with Crippen LogP contribution in [0, 0.1) is 0 Å². The quantitative estimate of drug-likeness (QED) is 0.510. The van der Waals surface area contributed by atoms with E-state index in [9.17, 15) is 9.59 Å². The number of aryl methyl sites for hydroxylation is 2. The predicted molar refractivity (Wildman–Crippen MR) is 92.5 cm³/mol. The Morgan fingerprint density at radius 1 is 0.783 bits per heavy atom. The fourth-order valence-corrected chi connectivity index (χ4v) is 2.54. The van der Waals surface area contributed by atoms with Crippen LogP contribution in [0.3, 0.4) is 0 Å². The number of hydrogen-bond donors (Lipinski definition) is 3. The molecule has 0 saturated carbocycles. The van der Waals surface area contributed by atoms with Crippen LogP contribution in [-0.4, -0.2) is 17.9 Å². The Morgan fingerprint density at radius 3 is 1.83 bits per heavy atom. The average molecular weight is 319 g/mol. The Kier molecular flexibility index (Phi) is 8.98. The zero-order chi connectivity index (χ0) is 17.1. The van der Waals surface area contributed by atoms with E-state index < -0.39 is 0 Å². The average Bonchev–Trinajstić information content (AvgIpc) is 2.51. The van der Waals surface area contributed by atoms with Gasteiger partial charge in [-0.3, -0.25) is 9.59 Å². The molecule has 0 bridgehead atoms.